The van der Waals surface area contributed by atoms with Crippen molar-refractivity contribution in [1.29, 1.82) is 0 Å². The molecule has 0 saturated carbocycles. The molecule has 11 heteroatoms. The van der Waals surface area contributed by atoms with Crippen molar-refractivity contribution >= 4 is 36.3 Å². The lowest BCUT2D eigenvalue weighted by atomic mass is 10.1. The van der Waals surface area contributed by atoms with Crippen LogP contribution in [-0.2, 0) is 19.1 Å². The number of esters is 1. The minimum Gasteiger partial charge on any atom is -0.469 e. The first-order valence-corrected chi connectivity index (χ1v) is 10.3. The average Bonchev–Trinajstić information content (AvgIpc) is 3.23. The third-order valence-corrected chi connectivity index (χ3v) is 5.42. The second-order valence-electron chi connectivity index (χ2n) is 7.49. The zero-order chi connectivity index (χ0) is 23.4. The Morgan fingerprint density at radius 2 is 2.15 bits per heavy atom. The van der Waals surface area contributed by atoms with Crippen molar-refractivity contribution in [2.45, 2.75) is 18.9 Å². The van der Waals surface area contributed by atoms with Crippen LogP contribution in [0.4, 0.5) is 20.7 Å². The van der Waals surface area contributed by atoms with E-state index < -0.39 is 18.0 Å². The largest absolute Gasteiger partial charge is 0.469 e. The quantitative estimate of drug-likeness (QED) is 0.466. The summed E-state index contributed by atoms with van der Waals surface area (Å²) in [5.41, 5.74) is 1.29. The van der Waals surface area contributed by atoms with Gasteiger partial charge >= 0.3 is 12.1 Å². The number of anilines is 2. The maximum atomic E-state index is 14.9. The van der Waals surface area contributed by atoms with Crippen molar-refractivity contribution in [2.75, 3.05) is 36.5 Å². The number of aromatic nitrogens is 1. The third-order valence-electron chi connectivity index (χ3n) is 5.42. The van der Waals surface area contributed by atoms with Gasteiger partial charge in [-0.3, -0.25) is 14.5 Å². The Hall–Kier alpha value is -4.02. The molecule has 0 bridgehead atoms. The molecule has 0 N–H and O–H groups in total. The van der Waals surface area contributed by atoms with Crippen LogP contribution in [0, 0.1) is 5.82 Å². The number of amides is 2. The minimum absolute atomic E-state index is 0.136. The molecule has 1 aromatic heterocycles. The number of hydrogen-bond donors (Lipinski definition) is 0. The van der Waals surface area contributed by atoms with E-state index in [1.165, 1.54) is 29.4 Å². The maximum absolute atomic E-state index is 14.9. The smallest absolute Gasteiger partial charge is 0.414 e. The van der Waals surface area contributed by atoms with Gasteiger partial charge in [-0.05, 0) is 36.8 Å². The fourth-order valence-corrected chi connectivity index (χ4v) is 3.59. The number of benzene rings is 1. The molecular formula is C22H22FN5O5. The molecule has 0 unspecified atom stereocenters. The number of halogens is 1. The number of cyclic esters (lactones) is 1. The highest BCUT2D eigenvalue weighted by atomic mass is 19.1. The standard InChI is InChI=1S/C22H22FN5O5/c1-32-21(30)7-4-17-12-28(22(31)33-17)16-3-5-18(19(23)10-16)15-2-6-20(24-11-15)26-8-9-27(14-29)25-13-26/h2-3,5-6,10-11,13-14,17H,4,7-9,12H2,1H3/t17-/m0/s1. The van der Waals surface area contributed by atoms with Crippen molar-refractivity contribution < 1.29 is 28.2 Å². The highest BCUT2D eigenvalue weighted by Crippen LogP contribution is 2.30. The first-order valence-electron chi connectivity index (χ1n) is 10.3. The SMILES string of the molecule is COC(=O)CC[C@H]1CN(c2ccc(-c3ccc(N4C=NN(C=O)CC4)nc3)c(F)c2)C(=O)O1. The minimum atomic E-state index is -0.584. The van der Waals surface area contributed by atoms with E-state index in [0.29, 0.717) is 48.6 Å². The number of methoxy groups -OCH3 is 1. The van der Waals surface area contributed by atoms with Crippen LogP contribution in [-0.4, -0.2) is 67.7 Å². The molecule has 1 atom stereocenters. The average molecular weight is 455 g/mol. The van der Waals surface area contributed by atoms with Crippen molar-refractivity contribution in [3.63, 3.8) is 0 Å². The highest BCUT2D eigenvalue weighted by molar-refractivity contribution is 5.90. The number of ether oxygens (including phenoxy) is 2. The summed E-state index contributed by atoms with van der Waals surface area (Å²) in [6, 6.07) is 7.99. The Balaban J connectivity index is 1.44. The summed E-state index contributed by atoms with van der Waals surface area (Å²) in [5.74, 6) is -0.257. The van der Waals surface area contributed by atoms with Crippen LogP contribution < -0.4 is 9.80 Å². The molecule has 3 heterocycles. The van der Waals surface area contributed by atoms with Crippen molar-refractivity contribution in [3.8, 4) is 11.1 Å². The van der Waals surface area contributed by atoms with Gasteiger partial charge in [0.15, 0.2) is 0 Å². The topological polar surface area (TPSA) is 105 Å². The summed E-state index contributed by atoms with van der Waals surface area (Å²) in [6.45, 7) is 1.22. The molecule has 1 fully saturated rings. The highest BCUT2D eigenvalue weighted by Gasteiger charge is 2.33. The molecule has 33 heavy (non-hydrogen) atoms. The van der Waals surface area contributed by atoms with Crippen LogP contribution >= 0.6 is 0 Å². The van der Waals surface area contributed by atoms with E-state index in [1.807, 2.05) is 0 Å². The van der Waals surface area contributed by atoms with Crippen LogP contribution in [0.25, 0.3) is 11.1 Å². The lowest BCUT2D eigenvalue weighted by Gasteiger charge is -2.25. The summed E-state index contributed by atoms with van der Waals surface area (Å²) in [4.78, 5) is 41.8. The van der Waals surface area contributed by atoms with Crippen molar-refractivity contribution in [1.82, 2.24) is 9.99 Å². The van der Waals surface area contributed by atoms with Gasteiger partial charge in [0.25, 0.3) is 0 Å². The molecule has 2 aromatic rings. The number of carbonyl (C=O) groups is 3. The molecule has 0 radical (unpaired) electrons. The predicted molar refractivity (Wildman–Crippen MR) is 117 cm³/mol. The number of carbonyl (C=O) groups excluding carboxylic acids is 3. The second kappa shape index (κ2) is 9.63. The van der Waals surface area contributed by atoms with Gasteiger partial charge in [-0.1, -0.05) is 0 Å². The first-order chi connectivity index (χ1) is 16.0. The van der Waals surface area contributed by atoms with Crippen LogP contribution in [0.5, 0.6) is 0 Å². The van der Waals surface area contributed by atoms with Crippen LogP contribution in [0.1, 0.15) is 12.8 Å². The molecule has 1 saturated heterocycles. The van der Waals surface area contributed by atoms with E-state index in [2.05, 4.69) is 14.8 Å². The van der Waals surface area contributed by atoms with E-state index in [4.69, 9.17) is 4.74 Å². The molecular weight excluding hydrogens is 433 g/mol. The van der Waals surface area contributed by atoms with E-state index in [9.17, 15) is 18.8 Å². The van der Waals surface area contributed by atoms with Gasteiger partial charge in [-0.2, -0.15) is 5.10 Å². The molecule has 2 aliphatic rings. The molecule has 10 nitrogen and oxygen atoms in total. The van der Waals surface area contributed by atoms with Gasteiger partial charge < -0.3 is 14.4 Å². The van der Waals surface area contributed by atoms with Crippen LogP contribution in [0.2, 0.25) is 0 Å². The fourth-order valence-electron chi connectivity index (χ4n) is 3.59. The first kappa shape index (κ1) is 22.2. The molecule has 2 aliphatic heterocycles. The van der Waals surface area contributed by atoms with Gasteiger partial charge in [0.2, 0.25) is 6.41 Å². The zero-order valence-corrected chi connectivity index (χ0v) is 17.9. The van der Waals surface area contributed by atoms with E-state index in [1.54, 1.807) is 35.4 Å². The van der Waals surface area contributed by atoms with Crippen LogP contribution in [0.3, 0.4) is 0 Å². The summed E-state index contributed by atoms with van der Waals surface area (Å²) in [5, 5.41) is 5.28. The normalized spacial score (nSPS) is 17.8. The molecule has 4 rings (SSSR count). The summed E-state index contributed by atoms with van der Waals surface area (Å²) < 4.78 is 24.8. The van der Waals surface area contributed by atoms with Gasteiger partial charge in [0, 0.05) is 30.3 Å². The Kier molecular flexibility index (Phi) is 6.48. The van der Waals surface area contributed by atoms with Gasteiger partial charge in [-0.15, -0.1) is 0 Å². The Labute approximate surface area is 189 Å². The number of pyridine rings is 1. The van der Waals surface area contributed by atoms with Crippen molar-refractivity contribution in [3.05, 3.63) is 42.3 Å². The number of hydrazone groups is 1. The number of hydrogen-bond acceptors (Lipinski definition) is 8. The molecule has 1 aromatic carbocycles. The summed E-state index contributed by atoms with van der Waals surface area (Å²) >= 11 is 0. The summed E-state index contributed by atoms with van der Waals surface area (Å²) in [6.07, 6.45) is 3.15. The Bertz CT molecular complexity index is 1080. The lowest BCUT2D eigenvalue weighted by Crippen LogP contribution is -2.37. The van der Waals surface area contributed by atoms with Gasteiger partial charge in [0.05, 0.1) is 25.9 Å². The monoisotopic (exact) mass is 455 g/mol. The molecule has 0 spiro atoms. The molecule has 2 amide bonds. The Morgan fingerprint density at radius 3 is 2.79 bits per heavy atom. The molecule has 172 valence electrons. The van der Waals surface area contributed by atoms with Crippen LogP contribution in [0.15, 0.2) is 41.6 Å². The zero-order valence-electron chi connectivity index (χ0n) is 17.9. The number of rotatable bonds is 7. The second-order valence-corrected chi connectivity index (χ2v) is 7.49. The molecule has 0 aliphatic carbocycles. The number of nitrogens with zero attached hydrogens (tertiary/aromatic N) is 5. The fraction of sp³-hybridized carbons (Fsp3) is 0.318. The van der Waals surface area contributed by atoms with Crippen molar-refractivity contribution in [2.24, 2.45) is 5.10 Å². The third kappa shape index (κ3) is 4.92. The van der Waals surface area contributed by atoms with E-state index in [-0.39, 0.29) is 18.9 Å². The predicted octanol–water partition coefficient (Wildman–Crippen LogP) is 2.39. The Morgan fingerprint density at radius 1 is 1.30 bits per heavy atom. The lowest BCUT2D eigenvalue weighted by molar-refractivity contribution is -0.141. The maximum Gasteiger partial charge on any atom is 0.414 e. The van der Waals surface area contributed by atoms with E-state index >= 15 is 0 Å². The summed E-state index contributed by atoms with van der Waals surface area (Å²) in [7, 11) is 1.30. The van der Waals surface area contributed by atoms with Gasteiger partial charge in [-0.25, -0.2) is 19.2 Å². The van der Waals surface area contributed by atoms with Gasteiger partial charge in [0.1, 0.15) is 24.1 Å². The van der Waals surface area contributed by atoms with E-state index in [0.717, 1.165) is 0 Å².